The number of hydrogen-bond acceptors (Lipinski definition) is 4. The summed E-state index contributed by atoms with van der Waals surface area (Å²) in [6.07, 6.45) is 0. The average molecular weight is 1560 g/mol. The van der Waals surface area contributed by atoms with Crippen molar-refractivity contribution in [1.29, 1.82) is 0 Å². The van der Waals surface area contributed by atoms with Gasteiger partial charge in [0.05, 0.1) is 16.5 Å². The molecule has 0 radical (unpaired) electrons. The molecule has 6 aliphatic rings. The molecular formula is C116H76N2S2. The summed E-state index contributed by atoms with van der Waals surface area (Å²) in [6, 6.07) is 149. The van der Waals surface area contributed by atoms with Gasteiger partial charge in [-0.05, 0) is 252 Å². The van der Waals surface area contributed by atoms with Crippen molar-refractivity contribution in [2.75, 3.05) is 9.80 Å². The molecule has 2 heterocycles. The Morgan fingerprint density at radius 1 is 0.200 bits per heavy atom. The molecule has 0 aliphatic heterocycles. The maximum Gasteiger partial charge on any atom is 0.0726 e. The van der Waals surface area contributed by atoms with Gasteiger partial charge in [0, 0.05) is 79.6 Å². The van der Waals surface area contributed by atoms with Gasteiger partial charge in [0.25, 0.3) is 0 Å². The topological polar surface area (TPSA) is 6.48 Å². The molecule has 4 heteroatoms. The second kappa shape index (κ2) is 24.8. The van der Waals surface area contributed by atoms with E-state index in [2.05, 4.69) is 426 Å². The van der Waals surface area contributed by atoms with Crippen molar-refractivity contribution in [3.63, 3.8) is 0 Å². The highest BCUT2D eigenvalue weighted by atomic mass is 32.1. The Labute approximate surface area is 706 Å². The fourth-order valence-electron chi connectivity index (χ4n) is 23.4. The minimum absolute atomic E-state index is 0.154. The normalized spacial score (nSPS) is 15.4. The van der Waals surface area contributed by atoms with E-state index in [-0.39, 0.29) is 10.8 Å². The molecule has 20 aromatic rings. The molecule has 120 heavy (non-hydrogen) atoms. The van der Waals surface area contributed by atoms with Gasteiger partial charge in [-0.1, -0.05) is 331 Å². The zero-order valence-corrected chi connectivity index (χ0v) is 68.3. The predicted octanol–water partition coefficient (Wildman–Crippen LogP) is 31.7. The monoisotopic (exact) mass is 1560 g/mol. The zero-order chi connectivity index (χ0) is 79.2. The van der Waals surface area contributed by atoms with Crippen LogP contribution in [0.5, 0.6) is 0 Å². The third-order valence-electron chi connectivity index (χ3n) is 28.3. The van der Waals surface area contributed by atoms with Crippen molar-refractivity contribution in [2.24, 2.45) is 0 Å². The summed E-state index contributed by atoms with van der Waals surface area (Å²) in [5.41, 5.74) is 44.4. The molecule has 26 rings (SSSR count). The van der Waals surface area contributed by atoms with Crippen LogP contribution >= 0.6 is 22.7 Å². The smallest absolute Gasteiger partial charge is 0.0726 e. The third kappa shape index (κ3) is 9.01. The highest BCUT2D eigenvalue weighted by Crippen LogP contribution is 2.67. The first kappa shape index (κ1) is 68.1. The van der Waals surface area contributed by atoms with Crippen molar-refractivity contribution >= 4 is 97.1 Å². The predicted molar refractivity (Wildman–Crippen MR) is 506 cm³/mol. The molecule has 0 saturated heterocycles. The molecule has 0 amide bonds. The van der Waals surface area contributed by atoms with Crippen LogP contribution in [0.4, 0.5) is 34.1 Å². The van der Waals surface area contributed by atoms with E-state index >= 15 is 0 Å². The highest BCUT2D eigenvalue weighted by molar-refractivity contribution is 7.26. The van der Waals surface area contributed by atoms with Crippen LogP contribution in [0.2, 0.25) is 0 Å². The molecule has 2 spiro atoms. The summed E-state index contributed by atoms with van der Waals surface area (Å²) >= 11 is 3.78. The standard InChI is InChI=1S/C116H76N2S2/c1-113(2)94-38-13-5-29-84(94)90-36-21-34-78(111(90)113)69-49-54-72(55-50-69)117(74-58-62-86-82-27-9-17-42-98(82)115(102(86)66-74)96-40-15-7-25-80(96)81-26-8-16-41-97(81)115)76-60-64-89-88-61-53-71(65-107(88)120-108(89)68-76)77-33-23-45-101-109(77)92-31-11-19-44-100(92)116(101)99-43-18-10-28-83(99)87-63-59-75(67-103(87)116)118(104-46-24-48-106-110(104)93-32-12-20-47-105(93)119-106)73-56-51-70(52-57-73)79-35-22-37-91-85-30-6-14-39-95(85)114(3,4)112(79)91/h5-68H,1-4H3. The van der Waals surface area contributed by atoms with Crippen LogP contribution in [0.15, 0.2) is 388 Å². The Morgan fingerprint density at radius 3 is 1.09 bits per heavy atom. The van der Waals surface area contributed by atoms with Crippen LogP contribution in [0.25, 0.3) is 140 Å². The van der Waals surface area contributed by atoms with E-state index in [9.17, 15) is 0 Å². The highest BCUT2D eigenvalue weighted by Gasteiger charge is 2.54. The number of rotatable bonds is 9. The number of fused-ring (bicyclic) bond motifs is 32. The van der Waals surface area contributed by atoms with E-state index in [1.807, 2.05) is 22.7 Å². The first-order valence-corrected chi connectivity index (χ1v) is 43.7. The Balaban J connectivity index is 0.616. The van der Waals surface area contributed by atoms with Crippen LogP contribution in [-0.4, -0.2) is 0 Å². The van der Waals surface area contributed by atoms with Gasteiger partial charge in [0.2, 0.25) is 0 Å². The lowest BCUT2D eigenvalue weighted by molar-refractivity contribution is 0.662. The summed E-state index contributed by atoms with van der Waals surface area (Å²) in [4.78, 5) is 5.08. The Morgan fingerprint density at radius 2 is 0.542 bits per heavy atom. The number of hydrogen-bond donors (Lipinski definition) is 0. The van der Waals surface area contributed by atoms with Crippen LogP contribution < -0.4 is 9.80 Å². The number of benzene rings is 18. The maximum absolute atomic E-state index is 2.57. The molecule has 18 aromatic carbocycles. The first-order chi connectivity index (χ1) is 59.0. The molecule has 1 atom stereocenters. The van der Waals surface area contributed by atoms with Crippen LogP contribution in [0.1, 0.15) is 94.5 Å². The second-order valence-electron chi connectivity index (χ2n) is 34.7. The lowest BCUT2D eigenvalue weighted by Gasteiger charge is -2.32. The van der Waals surface area contributed by atoms with Gasteiger partial charge < -0.3 is 9.80 Å². The van der Waals surface area contributed by atoms with E-state index in [4.69, 9.17) is 0 Å². The lowest BCUT2D eigenvalue weighted by atomic mass is 9.70. The third-order valence-corrected chi connectivity index (χ3v) is 30.5. The first-order valence-electron chi connectivity index (χ1n) is 42.1. The molecule has 562 valence electrons. The van der Waals surface area contributed by atoms with Gasteiger partial charge in [0.15, 0.2) is 0 Å². The molecular weight excluding hydrogens is 1490 g/mol. The molecule has 2 nitrogen and oxygen atoms in total. The fraction of sp³-hybridized carbons (Fsp3) is 0.0690. The summed E-state index contributed by atoms with van der Waals surface area (Å²) in [7, 11) is 0. The molecule has 1 unspecified atom stereocenters. The van der Waals surface area contributed by atoms with E-state index in [0.29, 0.717) is 0 Å². The van der Waals surface area contributed by atoms with Crippen molar-refractivity contribution < 1.29 is 0 Å². The van der Waals surface area contributed by atoms with E-state index < -0.39 is 10.8 Å². The van der Waals surface area contributed by atoms with Crippen LogP contribution in [0.3, 0.4) is 0 Å². The summed E-state index contributed by atoms with van der Waals surface area (Å²) in [5, 5.41) is 5.05. The second-order valence-corrected chi connectivity index (χ2v) is 36.9. The fourth-order valence-corrected chi connectivity index (χ4v) is 25.7. The molecule has 2 aromatic heterocycles. The van der Waals surface area contributed by atoms with E-state index in [1.165, 1.54) is 207 Å². The van der Waals surface area contributed by atoms with Gasteiger partial charge in [0.1, 0.15) is 0 Å². The molecule has 6 aliphatic carbocycles. The van der Waals surface area contributed by atoms with Crippen molar-refractivity contribution in [3.8, 4) is 100 Å². The van der Waals surface area contributed by atoms with Crippen molar-refractivity contribution in [3.05, 3.63) is 455 Å². The molecule has 0 saturated carbocycles. The van der Waals surface area contributed by atoms with Crippen LogP contribution in [-0.2, 0) is 21.7 Å². The Bertz CT molecular complexity index is 7810. The average Bonchev–Trinajstić information content (AvgIpc) is 1.52. The molecule has 0 bridgehead atoms. The summed E-state index contributed by atoms with van der Waals surface area (Å²) in [5.74, 6) is 0. The SMILES string of the molecule is CC1(C)c2ccccc2-c2cccc(-c3ccc(N(c4ccc5c(c4)C4(c6ccccc6-c6ccccc64)c4ccccc4-5)c4ccc5c(c4)sc4cc(-c6cccc7c6-c6ccccc6C76c7ccccc7-c7ccc(N(c8ccc(-c9cccc%10c9C(C)(C)c9ccccc9-%10)cc8)c8cccc9sc%10ccccc%10c89)cc76)ccc45)cc3)c21. The Kier molecular flexibility index (Phi) is 14.1. The summed E-state index contributed by atoms with van der Waals surface area (Å²) < 4.78 is 5.06. The van der Waals surface area contributed by atoms with E-state index in [1.54, 1.807) is 0 Å². The number of anilines is 6. The summed E-state index contributed by atoms with van der Waals surface area (Å²) in [6.45, 7) is 9.57. The van der Waals surface area contributed by atoms with Crippen molar-refractivity contribution in [2.45, 2.75) is 49.4 Å². The molecule has 0 N–H and O–H groups in total. The van der Waals surface area contributed by atoms with Crippen LogP contribution in [0, 0.1) is 0 Å². The number of nitrogens with zero attached hydrogens (tertiary/aromatic N) is 2. The molecule has 0 fully saturated rings. The van der Waals surface area contributed by atoms with Gasteiger partial charge >= 0.3 is 0 Å². The van der Waals surface area contributed by atoms with Gasteiger partial charge in [-0.15, -0.1) is 22.7 Å². The largest absolute Gasteiger partial charge is 0.310 e. The van der Waals surface area contributed by atoms with Gasteiger partial charge in [-0.2, -0.15) is 0 Å². The Hall–Kier alpha value is -14.0. The van der Waals surface area contributed by atoms with E-state index in [0.717, 1.165) is 34.1 Å². The zero-order valence-electron chi connectivity index (χ0n) is 66.7. The maximum atomic E-state index is 2.57. The van der Waals surface area contributed by atoms with Gasteiger partial charge in [-0.3, -0.25) is 0 Å². The minimum atomic E-state index is -0.635. The number of thiophene rings is 2. The quantitative estimate of drug-likeness (QED) is 0.142. The van der Waals surface area contributed by atoms with Crippen molar-refractivity contribution in [1.82, 2.24) is 0 Å². The minimum Gasteiger partial charge on any atom is -0.310 e. The lowest BCUT2D eigenvalue weighted by Crippen LogP contribution is -2.26. The van der Waals surface area contributed by atoms with Gasteiger partial charge in [-0.25, -0.2) is 0 Å².